The standard InChI is InChI=1S/C25H26F3N5O3S/c1-32-20-8-5-16(21(34)4-2-3-9-33-10-12-35-13-11-33)14-19(20)29-23(32)31-24-30-18-7-6-17(15-22(18)37-24)36-25(26,27)28/h5-8,14-15H,2-4,9-13H2,1H3,(H,29,30,31). The second-order valence-electron chi connectivity index (χ2n) is 8.85. The lowest BCUT2D eigenvalue weighted by atomic mass is 10.0. The first-order chi connectivity index (χ1) is 17.7. The van der Waals surface area contributed by atoms with Gasteiger partial charge in [-0.1, -0.05) is 11.3 Å². The van der Waals surface area contributed by atoms with Gasteiger partial charge in [0.25, 0.3) is 0 Å². The van der Waals surface area contributed by atoms with Crippen LogP contribution in [-0.2, 0) is 11.8 Å². The van der Waals surface area contributed by atoms with Crippen LogP contribution in [0.15, 0.2) is 36.4 Å². The number of hydrogen-bond donors (Lipinski definition) is 1. The molecule has 0 spiro atoms. The maximum Gasteiger partial charge on any atom is 0.573 e. The van der Waals surface area contributed by atoms with Crippen molar-refractivity contribution in [2.45, 2.75) is 25.6 Å². The van der Waals surface area contributed by atoms with E-state index in [0.717, 1.165) is 51.2 Å². The number of hydrogen-bond acceptors (Lipinski definition) is 8. The molecule has 5 rings (SSSR count). The second kappa shape index (κ2) is 10.6. The van der Waals surface area contributed by atoms with E-state index >= 15 is 0 Å². The molecule has 1 fully saturated rings. The van der Waals surface area contributed by atoms with Gasteiger partial charge in [-0.05, 0) is 49.7 Å². The minimum absolute atomic E-state index is 0.0899. The van der Waals surface area contributed by atoms with Crippen LogP contribution in [0.25, 0.3) is 21.3 Å². The van der Waals surface area contributed by atoms with Gasteiger partial charge in [0.1, 0.15) is 5.75 Å². The monoisotopic (exact) mass is 533 g/mol. The number of alkyl halides is 3. The van der Waals surface area contributed by atoms with E-state index in [-0.39, 0.29) is 11.5 Å². The first kappa shape index (κ1) is 25.4. The van der Waals surface area contributed by atoms with E-state index in [1.54, 1.807) is 6.07 Å². The minimum atomic E-state index is -4.75. The van der Waals surface area contributed by atoms with Gasteiger partial charge in [0.05, 0.1) is 34.5 Å². The summed E-state index contributed by atoms with van der Waals surface area (Å²) in [6, 6.07) is 9.50. The molecule has 2 aromatic heterocycles. The van der Waals surface area contributed by atoms with Crippen LogP contribution >= 0.6 is 11.3 Å². The molecular formula is C25H26F3N5O3S. The van der Waals surface area contributed by atoms with E-state index in [9.17, 15) is 18.0 Å². The lowest BCUT2D eigenvalue weighted by molar-refractivity contribution is -0.274. The van der Waals surface area contributed by atoms with Gasteiger partial charge in [0.15, 0.2) is 10.9 Å². The van der Waals surface area contributed by atoms with Crippen LogP contribution in [0.1, 0.15) is 29.6 Å². The Morgan fingerprint density at radius 2 is 1.92 bits per heavy atom. The summed E-state index contributed by atoms with van der Waals surface area (Å²) >= 11 is 1.19. The van der Waals surface area contributed by atoms with Crippen molar-refractivity contribution in [2.75, 3.05) is 38.2 Å². The van der Waals surface area contributed by atoms with Gasteiger partial charge in [-0.2, -0.15) is 0 Å². The molecule has 2 aromatic carbocycles. The Balaban J connectivity index is 1.24. The third-order valence-electron chi connectivity index (χ3n) is 6.25. The normalized spacial score (nSPS) is 14.9. The number of ether oxygens (including phenoxy) is 2. The van der Waals surface area contributed by atoms with Crippen LogP contribution < -0.4 is 10.1 Å². The quantitative estimate of drug-likeness (QED) is 0.224. The molecule has 0 atom stereocenters. The van der Waals surface area contributed by atoms with E-state index in [2.05, 4.69) is 24.9 Å². The summed E-state index contributed by atoms with van der Waals surface area (Å²) in [4.78, 5) is 24.2. The van der Waals surface area contributed by atoms with Crippen molar-refractivity contribution in [3.8, 4) is 5.75 Å². The van der Waals surface area contributed by atoms with Crippen LogP contribution in [0.3, 0.4) is 0 Å². The van der Waals surface area contributed by atoms with Crippen LogP contribution in [0, 0.1) is 0 Å². The van der Waals surface area contributed by atoms with Gasteiger partial charge < -0.3 is 19.4 Å². The number of nitrogens with zero attached hydrogens (tertiary/aromatic N) is 4. The molecule has 1 aliphatic heterocycles. The molecule has 37 heavy (non-hydrogen) atoms. The minimum Gasteiger partial charge on any atom is -0.406 e. The third kappa shape index (κ3) is 6.20. The predicted molar refractivity (Wildman–Crippen MR) is 136 cm³/mol. The number of aromatic nitrogens is 3. The maximum atomic E-state index is 12.8. The number of unbranched alkanes of at least 4 members (excludes halogenated alkanes) is 1. The Morgan fingerprint density at radius 1 is 1.11 bits per heavy atom. The molecule has 0 unspecified atom stereocenters. The first-order valence-corrected chi connectivity index (χ1v) is 12.8. The molecule has 3 heterocycles. The average molecular weight is 534 g/mol. The zero-order chi connectivity index (χ0) is 26.0. The number of aryl methyl sites for hydroxylation is 1. The number of imidazole rings is 1. The van der Waals surface area contributed by atoms with Crippen LogP contribution in [0.4, 0.5) is 24.3 Å². The highest BCUT2D eigenvalue weighted by atomic mass is 32.1. The fourth-order valence-electron chi connectivity index (χ4n) is 4.33. The summed E-state index contributed by atoms with van der Waals surface area (Å²) in [6.07, 6.45) is -2.47. The molecule has 4 aromatic rings. The van der Waals surface area contributed by atoms with Crippen molar-refractivity contribution in [1.29, 1.82) is 0 Å². The van der Waals surface area contributed by atoms with E-state index in [0.29, 0.717) is 38.8 Å². The van der Waals surface area contributed by atoms with E-state index in [1.165, 1.54) is 29.5 Å². The molecule has 0 bridgehead atoms. The molecule has 1 saturated heterocycles. The fourth-order valence-corrected chi connectivity index (χ4v) is 5.21. The Hall–Kier alpha value is -3.22. The second-order valence-corrected chi connectivity index (χ2v) is 9.88. The number of rotatable bonds is 9. The Kier molecular flexibility index (Phi) is 7.31. The molecule has 12 heteroatoms. The molecule has 0 aliphatic carbocycles. The van der Waals surface area contributed by atoms with Gasteiger partial charge in [0.2, 0.25) is 5.95 Å². The lowest BCUT2D eigenvalue weighted by Gasteiger charge is -2.26. The predicted octanol–water partition coefficient (Wildman–Crippen LogP) is 5.51. The molecular weight excluding hydrogens is 507 g/mol. The summed E-state index contributed by atoms with van der Waals surface area (Å²) in [6.45, 7) is 4.43. The highest BCUT2D eigenvalue weighted by molar-refractivity contribution is 7.22. The molecule has 1 aliphatic rings. The van der Waals surface area contributed by atoms with Crippen LogP contribution in [0.2, 0.25) is 0 Å². The number of carbonyl (C=O) groups is 1. The Morgan fingerprint density at radius 3 is 2.70 bits per heavy atom. The third-order valence-corrected chi connectivity index (χ3v) is 7.18. The number of thiazole rings is 1. The van der Waals surface area contributed by atoms with E-state index < -0.39 is 6.36 Å². The average Bonchev–Trinajstić information content (AvgIpc) is 3.40. The smallest absolute Gasteiger partial charge is 0.406 e. The number of Topliss-reactive ketones (excluding diaryl/α,β-unsaturated/α-hetero) is 1. The molecule has 0 radical (unpaired) electrons. The highest BCUT2D eigenvalue weighted by Gasteiger charge is 2.31. The summed E-state index contributed by atoms with van der Waals surface area (Å²) < 4.78 is 49.3. The van der Waals surface area contributed by atoms with Gasteiger partial charge in [0, 0.05) is 38.2 Å². The van der Waals surface area contributed by atoms with Crippen molar-refractivity contribution < 1.29 is 27.4 Å². The van der Waals surface area contributed by atoms with Crippen molar-refractivity contribution in [3.05, 3.63) is 42.0 Å². The number of anilines is 2. The molecule has 196 valence electrons. The van der Waals surface area contributed by atoms with Crippen molar-refractivity contribution in [1.82, 2.24) is 19.4 Å². The largest absolute Gasteiger partial charge is 0.573 e. The number of nitrogens with one attached hydrogen (secondary N) is 1. The summed E-state index contributed by atoms with van der Waals surface area (Å²) in [5, 5.41) is 3.62. The molecule has 1 N–H and O–H groups in total. The number of benzene rings is 2. The van der Waals surface area contributed by atoms with Crippen molar-refractivity contribution in [2.24, 2.45) is 7.05 Å². The van der Waals surface area contributed by atoms with E-state index in [4.69, 9.17) is 4.74 Å². The first-order valence-electron chi connectivity index (χ1n) is 12.0. The van der Waals surface area contributed by atoms with Gasteiger partial charge in [-0.3, -0.25) is 9.69 Å². The number of morpholine rings is 1. The topological polar surface area (TPSA) is 81.5 Å². The van der Waals surface area contributed by atoms with Crippen LogP contribution in [0.5, 0.6) is 5.75 Å². The number of carbonyl (C=O) groups excluding carboxylic acids is 1. The van der Waals surface area contributed by atoms with Crippen molar-refractivity contribution >= 4 is 49.4 Å². The zero-order valence-electron chi connectivity index (χ0n) is 20.2. The molecule has 8 nitrogen and oxygen atoms in total. The lowest BCUT2D eigenvalue weighted by Crippen LogP contribution is -2.36. The number of fused-ring (bicyclic) bond motifs is 2. The summed E-state index contributed by atoms with van der Waals surface area (Å²) in [5.74, 6) is 0.305. The van der Waals surface area contributed by atoms with E-state index in [1.807, 2.05) is 23.7 Å². The SMILES string of the molecule is Cn1c(Nc2nc3ccc(OC(F)(F)F)cc3s2)nc2cc(C(=O)CCCCN3CCOCC3)ccc21. The fraction of sp³-hybridized carbons (Fsp3) is 0.400. The maximum absolute atomic E-state index is 12.8. The van der Waals surface area contributed by atoms with Gasteiger partial charge in [-0.15, -0.1) is 13.2 Å². The van der Waals surface area contributed by atoms with Crippen molar-refractivity contribution in [3.63, 3.8) is 0 Å². The van der Waals surface area contributed by atoms with Gasteiger partial charge >= 0.3 is 6.36 Å². The highest BCUT2D eigenvalue weighted by Crippen LogP contribution is 2.33. The Labute approximate surface area is 215 Å². The number of ketones is 1. The zero-order valence-corrected chi connectivity index (χ0v) is 21.0. The summed E-state index contributed by atoms with van der Waals surface area (Å²) in [5.41, 5.74) is 2.68. The Bertz CT molecular complexity index is 1410. The van der Waals surface area contributed by atoms with Gasteiger partial charge in [-0.25, -0.2) is 9.97 Å². The molecule has 0 saturated carbocycles. The molecule has 0 amide bonds. The summed E-state index contributed by atoms with van der Waals surface area (Å²) in [7, 11) is 1.84. The number of halogens is 3. The van der Waals surface area contributed by atoms with Crippen LogP contribution in [-0.4, -0.2) is 64.4 Å².